The molecule has 0 aliphatic carbocycles. The molecule has 0 atom stereocenters. The van der Waals surface area contributed by atoms with Crippen LogP contribution in [0, 0.1) is 0 Å². The van der Waals surface area contributed by atoms with Gasteiger partial charge in [0.05, 0.1) is 6.61 Å². The van der Waals surface area contributed by atoms with Crippen LogP contribution in [0.5, 0.6) is 0 Å². The van der Waals surface area contributed by atoms with Gasteiger partial charge in [-0.05, 0) is 25.9 Å². The molecule has 0 aromatic heterocycles. The van der Waals surface area contributed by atoms with Gasteiger partial charge in [0.2, 0.25) is 0 Å². The Hall–Kier alpha value is -0.160. The van der Waals surface area contributed by atoms with E-state index in [-0.39, 0.29) is 6.61 Å². The Kier molecular flexibility index (Phi) is 4.55. The van der Waals surface area contributed by atoms with E-state index in [1.165, 1.54) is 0 Å². The van der Waals surface area contributed by atoms with Crippen molar-refractivity contribution in [3.63, 3.8) is 0 Å². The molecule has 7 N–H and O–H groups in total. The van der Waals surface area contributed by atoms with Gasteiger partial charge < -0.3 is 22.3 Å². The number of aliphatic hydroxyl groups is 1. The number of hydrogen-bond acceptors (Lipinski definition) is 4. The summed E-state index contributed by atoms with van der Waals surface area (Å²) in [5, 5.41) is 8.81. The lowest BCUT2D eigenvalue weighted by Crippen LogP contribution is -2.46. The first-order chi connectivity index (χ1) is 4.68. The predicted octanol–water partition coefficient (Wildman–Crippen LogP) is -1.63. The Morgan fingerprint density at radius 2 is 1.50 bits per heavy atom. The van der Waals surface area contributed by atoms with Crippen LogP contribution in [0.4, 0.5) is 0 Å². The maximum absolute atomic E-state index is 8.81. The highest BCUT2D eigenvalue weighted by Crippen LogP contribution is 2.08. The molecular weight excluding hydrogens is 130 g/mol. The zero-order valence-corrected chi connectivity index (χ0v) is 6.21. The largest absolute Gasteiger partial charge is 0.394 e. The Bertz CT molecular complexity index is 81.1. The first kappa shape index (κ1) is 9.84. The fraction of sp³-hybridized carbons (Fsp3) is 1.00. The summed E-state index contributed by atoms with van der Waals surface area (Å²) in [4.78, 5) is 0. The van der Waals surface area contributed by atoms with Crippen molar-refractivity contribution in [1.82, 2.24) is 0 Å². The first-order valence-electron chi connectivity index (χ1n) is 3.48. The molecule has 62 valence electrons. The number of aliphatic hydroxyl groups excluding tert-OH is 1. The molecule has 0 heterocycles. The molecule has 0 saturated heterocycles. The Balaban J connectivity index is 3.69. The van der Waals surface area contributed by atoms with Crippen LogP contribution in [0.2, 0.25) is 0 Å². The van der Waals surface area contributed by atoms with Crippen LogP contribution < -0.4 is 17.2 Å². The highest BCUT2D eigenvalue weighted by molar-refractivity contribution is 4.83. The molecule has 0 rings (SSSR count). The Morgan fingerprint density at radius 3 is 1.70 bits per heavy atom. The topological polar surface area (TPSA) is 98.3 Å². The van der Waals surface area contributed by atoms with E-state index in [1.54, 1.807) is 0 Å². The third-order valence-electron chi connectivity index (χ3n) is 1.60. The molecule has 0 saturated carbocycles. The van der Waals surface area contributed by atoms with Gasteiger partial charge >= 0.3 is 0 Å². The summed E-state index contributed by atoms with van der Waals surface area (Å²) in [5.74, 6) is 0. The van der Waals surface area contributed by atoms with Crippen molar-refractivity contribution in [2.45, 2.75) is 18.4 Å². The van der Waals surface area contributed by atoms with Crippen LogP contribution in [0.1, 0.15) is 12.8 Å². The molecule has 0 aromatic carbocycles. The molecule has 0 spiro atoms. The maximum atomic E-state index is 8.81. The van der Waals surface area contributed by atoms with Crippen molar-refractivity contribution in [2.24, 2.45) is 17.2 Å². The van der Waals surface area contributed by atoms with Crippen LogP contribution in [0.3, 0.4) is 0 Å². The molecule has 0 fully saturated rings. The molecule has 0 bridgehead atoms. The van der Waals surface area contributed by atoms with E-state index >= 15 is 0 Å². The lowest BCUT2D eigenvalue weighted by Gasteiger charge is -2.25. The fourth-order valence-corrected chi connectivity index (χ4v) is 0.858. The van der Waals surface area contributed by atoms with Crippen molar-refractivity contribution in [3.05, 3.63) is 0 Å². The SMILES string of the molecule is NCCC(N)(CO)CCN. The van der Waals surface area contributed by atoms with E-state index in [4.69, 9.17) is 22.3 Å². The van der Waals surface area contributed by atoms with E-state index in [2.05, 4.69) is 0 Å². The average Bonchev–Trinajstić information content (AvgIpc) is 1.89. The summed E-state index contributed by atoms with van der Waals surface area (Å²) in [6.07, 6.45) is 1.25. The summed E-state index contributed by atoms with van der Waals surface area (Å²) in [5.41, 5.74) is 15.7. The van der Waals surface area contributed by atoms with E-state index in [0.29, 0.717) is 25.9 Å². The zero-order valence-electron chi connectivity index (χ0n) is 6.21. The molecule has 0 aromatic rings. The Labute approximate surface area is 61.4 Å². The van der Waals surface area contributed by atoms with Crippen LogP contribution in [-0.2, 0) is 0 Å². The fourth-order valence-electron chi connectivity index (χ4n) is 0.858. The van der Waals surface area contributed by atoms with Crippen molar-refractivity contribution in [3.8, 4) is 0 Å². The molecular formula is C6H17N3O. The van der Waals surface area contributed by atoms with Gasteiger partial charge in [0.15, 0.2) is 0 Å². The van der Waals surface area contributed by atoms with E-state index in [9.17, 15) is 0 Å². The average molecular weight is 147 g/mol. The van der Waals surface area contributed by atoms with Gasteiger partial charge in [-0.15, -0.1) is 0 Å². The van der Waals surface area contributed by atoms with Crippen LogP contribution in [-0.4, -0.2) is 30.3 Å². The second-order valence-electron chi connectivity index (χ2n) is 2.60. The van der Waals surface area contributed by atoms with Gasteiger partial charge in [0, 0.05) is 5.54 Å². The third kappa shape index (κ3) is 3.12. The van der Waals surface area contributed by atoms with E-state index in [1.807, 2.05) is 0 Å². The summed E-state index contributed by atoms with van der Waals surface area (Å²) < 4.78 is 0. The van der Waals surface area contributed by atoms with Crippen molar-refractivity contribution in [1.29, 1.82) is 0 Å². The van der Waals surface area contributed by atoms with Gasteiger partial charge in [-0.1, -0.05) is 0 Å². The molecule has 4 heteroatoms. The lowest BCUT2D eigenvalue weighted by atomic mass is 9.94. The first-order valence-corrected chi connectivity index (χ1v) is 3.48. The summed E-state index contributed by atoms with van der Waals surface area (Å²) in [7, 11) is 0. The molecule has 0 amide bonds. The summed E-state index contributed by atoms with van der Waals surface area (Å²) >= 11 is 0. The third-order valence-corrected chi connectivity index (χ3v) is 1.60. The van der Waals surface area contributed by atoms with Gasteiger partial charge in [-0.25, -0.2) is 0 Å². The minimum absolute atomic E-state index is 0.0403. The molecule has 4 nitrogen and oxygen atoms in total. The van der Waals surface area contributed by atoms with Crippen LogP contribution in [0.15, 0.2) is 0 Å². The smallest absolute Gasteiger partial charge is 0.0612 e. The molecule has 0 unspecified atom stereocenters. The van der Waals surface area contributed by atoms with E-state index < -0.39 is 5.54 Å². The van der Waals surface area contributed by atoms with Crippen molar-refractivity contribution < 1.29 is 5.11 Å². The van der Waals surface area contributed by atoms with Gasteiger partial charge in [-0.2, -0.15) is 0 Å². The van der Waals surface area contributed by atoms with Crippen LogP contribution in [0.25, 0.3) is 0 Å². The van der Waals surface area contributed by atoms with Gasteiger partial charge in [0.25, 0.3) is 0 Å². The molecule has 0 radical (unpaired) electrons. The monoisotopic (exact) mass is 147 g/mol. The van der Waals surface area contributed by atoms with Crippen molar-refractivity contribution in [2.75, 3.05) is 19.7 Å². The normalized spacial score (nSPS) is 12.0. The minimum atomic E-state index is -0.552. The lowest BCUT2D eigenvalue weighted by molar-refractivity contribution is 0.182. The second kappa shape index (κ2) is 4.62. The number of rotatable bonds is 5. The zero-order chi connectivity index (χ0) is 8.04. The quantitative estimate of drug-likeness (QED) is 0.375. The predicted molar refractivity (Wildman–Crippen MR) is 41.3 cm³/mol. The van der Waals surface area contributed by atoms with Crippen LogP contribution >= 0.6 is 0 Å². The molecule has 10 heavy (non-hydrogen) atoms. The van der Waals surface area contributed by atoms with E-state index in [0.717, 1.165) is 0 Å². The standard InChI is InChI=1S/C6H17N3O/c7-3-1-6(9,5-10)2-4-8/h10H,1-5,7-9H2. The Morgan fingerprint density at radius 1 is 1.10 bits per heavy atom. The number of hydrogen-bond donors (Lipinski definition) is 4. The minimum Gasteiger partial charge on any atom is -0.394 e. The highest BCUT2D eigenvalue weighted by Gasteiger charge is 2.21. The highest BCUT2D eigenvalue weighted by atomic mass is 16.3. The summed E-state index contributed by atoms with van der Waals surface area (Å²) in [6, 6.07) is 0. The molecule has 0 aliphatic rings. The summed E-state index contributed by atoms with van der Waals surface area (Å²) in [6.45, 7) is 0.954. The number of nitrogens with two attached hydrogens (primary N) is 3. The maximum Gasteiger partial charge on any atom is 0.0612 e. The van der Waals surface area contributed by atoms with Gasteiger partial charge in [0.1, 0.15) is 0 Å². The van der Waals surface area contributed by atoms with Crippen molar-refractivity contribution >= 4 is 0 Å². The molecule has 0 aliphatic heterocycles. The van der Waals surface area contributed by atoms with Gasteiger partial charge in [-0.3, -0.25) is 0 Å². The second-order valence-corrected chi connectivity index (χ2v) is 2.60.